The number of anilines is 3. The topological polar surface area (TPSA) is 112 Å². The van der Waals surface area contributed by atoms with Crippen LogP contribution < -0.4 is 21.5 Å². The summed E-state index contributed by atoms with van der Waals surface area (Å²) in [4.78, 5) is 28.5. The van der Waals surface area contributed by atoms with Gasteiger partial charge < -0.3 is 20.5 Å². The zero-order valence-electron chi connectivity index (χ0n) is 16.2. The second kappa shape index (κ2) is 8.05. The zero-order chi connectivity index (χ0) is 21.3. The molecule has 0 aliphatic carbocycles. The van der Waals surface area contributed by atoms with Gasteiger partial charge in [-0.15, -0.1) is 0 Å². The molecule has 1 unspecified atom stereocenters. The standard InChI is InChI=1S/C21H19ClN6O2/c1-28-18-5-4-12(26-15-6-8-24-20(22)14(15)11-23)9-13(18)17(10-19(28)29)27-16-3-2-7-25-21(16)30/h4-6,8-10,16,27H,2-3,7H2,1H3,(H,24,26)(H,25,30). The maximum atomic E-state index is 12.4. The monoisotopic (exact) mass is 422 g/mol. The number of amides is 1. The van der Waals surface area contributed by atoms with Crippen LogP contribution in [0.3, 0.4) is 0 Å². The number of hydrogen-bond donors (Lipinski definition) is 3. The lowest BCUT2D eigenvalue weighted by atomic mass is 10.1. The molecule has 0 bridgehead atoms. The second-order valence-corrected chi connectivity index (χ2v) is 7.44. The number of halogens is 1. The largest absolute Gasteiger partial charge is 0.373 e. The molecule has 1 aromatic carbocycles. The van der Waals surface area contributed by atoms with Gasteiger partial charge in [-0.2, -0.15) is 5.26 Å². The van der Waals surface area contributed by atoms with Gasteiger partial charge in [0, 0.05) is 42.6 Å². The first-order valence-electron chi connectivity index (χ1n) is 9.47. The highest BCUT2D eigenvalue weighted by atomic mass is 35.5. The number of nitrogens with zero attached hydrogens (tertiary/aromatic N) is 3. The third kappa shape index (κ3) is 3.67. The van der Waals surface area contributed by atoms with E-state index in [1.54, 1.807) is 17.7 Å². The Bertz CT molecular complexity index is 1250. The van der Waals surface area contributed by atoms with Gasteiger partial charge in [0.2, 0.25) is 5.91 Å². The predicted molar refractivity (Wildman–Crippen MR) is 116 cm³/mol. The summed E-state index contributed by atoms with van der Waals surface area (Å²) in [6.45, 7) is 0.665. The number of carbonyl (C=O) groups is 1. The molecule has 1 saturated heterocycles. The fourth-order valence-corrected chi connectivity index (χ4v) is 3.76. The number of rotatable bonds is 4. The number of nitriles is 1. The SMILES string of the molecule is Cn1c(=O)cc(NC2CCCNC2=O)c2cc(Nc3ccnc(Cl)c3C#N)ccc21. The molecule has 4 rings (SSSR count). The molecule has 152 valence electrons. The highest BCUT2D eigenvalue weighted by molar-refractivity contribution is 6.31. The van der Waals surface area contributed by atoms with E-state index in [0.717, 1.165) is 17.3 Å². The molecule has 0 saturated carbocycles. The van der Waals surface area contributed by atoms with Crippen LogP contribution in [0.25, 0.3) is 10.9 Å². The Hall–Kier alpha value is -3.57. The smallest absolute Gasteiger partial charge is 0.252 e. The number of piperidine rings is 1. The van der Waals surface area contributed by atoms with Crippen LogP contribution >= 0.6 is 11.6 Å². The molecule has 3 N–H and O–H groups in total. The summed E-state index contributed by atoms with van der Waals surface area (Å²) in [7, 11) is 1.70. The van der Waals surface area contributed by atoms with Gasteiger partial charge in [0.05, 0.1) is 11.2 Å². The quantitative estimate of drug-likeness (QED) is 0.557. The Kier molecular flexibility index (Phi) is 5.29. The molecular formula is C21H19ClN6O2. The zero-order valence-corrected chi connectivity index (χ0v) is 17.0. The highest BCUT2D eigenvalue weighted by Crippen LogP contribution is 2.29. The molecule has 0 spiro atoms. The maximum absolute atomic E-state index is 12.4. The van der Waals surface area contributed by atoms with Crippen LogP contribution in [0.15, 0.2) is 41.3 Å². The molecule has 30 heavy (non-hydrogen) atoms. The Morgan fingerprint density at radius 2 is 2.10 bits per heavy atom. The minimum Gasteiger partial charge on any atom is -0.373 e. The van der Waals surface area contributed by atoms with Crippen molar-refractivity contribution in [1.82, 2.24) is 14.9 Å². The van der Waals surface area contributed by atoms with E-state index in [1.165, 1.54) is 12.3 Å². The summed E-state index contributed by atoms with van der Waals surface area (Å²) in [5.74, 6) is -0.0746. The first-order chi connectivity index (χ1) is 14.5. The Morgan fingerprint density at radius 3 is 2.87 bits per heavy atom. The lowest BCUT2D eigenvalue weighted by Crippen LogP contribution is -2.44. The van der Waals surface area contributed by atoms with E-state index in [-0.39, 0.29) is 22.2 Å². The predicted octanol–water partition coefficient (Wildman–Crippen LogP) is 2.89. The summed E-state index contributed by atoms with van der Waals surface area (Å²) in [6, 6.07) is 10.3. The van der Waals surface area contributed by atoms with Crippen LogP contribution in [0.5, 0.6) is 0 Å². The normalized spacial score (nSPS) is 16.0. The van der Waals surface area contributed by atoms with Gasteiger partial charge in [-0.1, -0.05) is 11.6 Å². The van der Waals surface area contributed by atoms with Crippen LogP contribution in [0.4, 0.5) is 17.1 Å². The molecule has 1 aliphatic heterocycles. The van der Waals surface area contributed by atoms with Crippen molar-refractivity contribution in [1.29, 1.82) is 5.26 Å². The lowest BCUT2D eigenvalue weighted by Gasteiger charge is -2.24. The molecule has 2 aromatic heterocycles. The molecule has 1 amide bonds. The van der Waals surface area contributed by atoms with Crippen LogP contribution in [0.2, 0.25) is 5.15 Å². The van der Waals surface area contributed by atoms with Gasteiger partial charge in [0.25, 0.3) is 5.56 Å². The molecule has 3 heterocycles. The fourth-order valence-electron chi connectivity index (χ4n) is 3.56. The van der Waals surface area contributed by atoms with Gasteiger partial charge in [0.1, 0.15) is 22.8 Å². The average Bonchev–Trinajstić information content (AvgIpc) is 2.73. The minimum absolute atomic E-state index is 0.0746. The van der Waals surface area contributed by atoms with Crippen molar-refractivity contribution in [2.45, 2.75) is 18.9 Å². The summed E-state index contributed by atoms with van der Waals surface area (Å²) in [5, 5.41) is 19.5. The first-order valence-corrected chi connectivity index (χ1v) is 9.85. The van der Waals surface area contributed by atoms with Crippen LogP contribution in [-0.2, 0) is 11.8 Å². The number of nitrogens with one attached hydrogen (secondary N) is 3. The second-order valence-electron chi connectivity index (χ2n) is 7.08. The maximum Gasteiger partial charge on any atom is 0.252 e. The number of pyridine rings is 2. The van der Waals surface area contributed by atoms with Crippen molar-refractivity contribution in [2.24, 2.45) is 7.05 Å². The van der Waals surface area contributed by atoms with E-state index in [1.807, 2.05) is 24.3 Å². The Balaban J connectivity index is 1.77. The summed E-state index contributed by atoms with van der Waals surface area (Å²) in [6.07, 6.45) is 3.09. The van der Waals surface area contributed by atoms with Crippen molar-refractivity contribution >= 4 is 45.5 Å². The number of fused-ring (bicyclic) bond motifs is 1. The molecule has 1 aliphatic rings. The number of benzene rings is 1. The molecule has 8 nitrogen and oxygen atoms in total. The lowest BCUT2D eigenvalue weighted by molar-refractivity contribution is -0.123. The van der Waals surface area contributed by atoms with E-state index < -0.39 is 6.04 Å². The first kappa shape index (κ1) is 19.7. The van der Waals surface area contributed by atoms with Gasteiger partial charge in [-0.05, 0) is 37.1 Å². The van der Waals surface area contributed by atoms with Gasteiger partial charge in [-0.3, -0.25) is 9.59 Å². The third-order valence-corrected chi connectivity index (χ3v) is 5.44. The molecular weight excluding hydrogens is 404 g/mol. The number of carbonyl (C=O) groups excluding carboxylic acids is 1. The molecule has 1 atom stereocenters. The molecule has 9 heteroatoms. The highest BCUT2D eigenvalue weighted by Gasteiger charge is 2.23. The van der Waals surface area contributed by atoms with Crippen molar-refractivity contribution in [3.8, 4) is 6.07 Å². The van der Waals surface area contributed by atoms with Crippen molar-refractivity contribution in [3.63, 3.8) is 0 Å². The number of hydrogen-bond acceptors (Lipinski definition) is 6. The van der Waals surface area contributed by atoms with E-state index in [9.17, 15) is 14.9 Å². The van der Waals surface area contributed by atoms with Crippen molar-refractivity contribution in [3.05, 3.63) is 57.6 Å². The van der Waals surface area contributed by atoms with E-state index in [4.69, 9.17) is 11.6 Å². The fraction of sp³-hybridized carbons (Fsp3) is 0.238. The van der Waals surface area contributed by atoms with Crippen molar-refractivity contribution < 1.29 is 4.79 Å². The summed E-state index contributed by atoms with van der Waals surface area (Å²) in [5.41, 5.74) is 2.62. The Morgan fingerprint density at radius 1 is 1.27 bits per heavy atom. The minimum atomic E-state index is -0.394. The van der Waals surface area contributed by atoms with Gasteiger partial charge in [-0.25, -0.2) is 4.98 Å². The molecule has 0 radical (unpaired) electrons. The van der Waals surface area contributed by atoms with Crippen LogP contribution in [-0.4, -0.2) is 28.0 Å². The van der Waals surface area contributed by atoms with Gasteiger partial charge >= 0.3 is 0 Å². The van der Waals surface area contributed by atoms with E-state index in [0.29, 0.717) is 30.0 Å². The molecule has 3 aromatic rings. The van der Waals surface area contributed by atoms with E-state index in [2.05, 4.69) is 20.9 Å². The number of aryl methyl sites for hydroxylation is 1. The summed E-state index contributed by atoms with van der Waals surface area (Å²) >= 11 is 6.02. The third-order valence-electron chi connectivity index (χ3n) is 5.16. The van der Waals surface area contributed by atoms with Crippen LogP contribution in [0, 0.1) is 11.3 Å². The van der Waals surface area contributed by atoms with Crippen molar-refractivity contribution in [2.75, 3.05) is 17.2 Å². The van der Waals surface area contributed by atoms with Crippen LogP contribution in [0.1, 0.15) is 18.4 Å². The Labute approximate surface area is 177 Å². The average molecular weight is 423 g/mol. The van der Waals surface area contributed by atoms with E-state index >= 15 is 0 Å². The summed E-state index contributed by atoms with van der Waals surface area (Å²) < 4.78 is 1.55. The number of aromatic nitrogens is 2. The molecule has 1 fully saturated rings. The van der Waals surface area contributed by atoms with Gasteiger partial charge in [0.15, 0.2) is 0 Å².